The van der Waals surface area contributed by atoms with Gasteiger partial charge in [-0.15, -0.1) is 0 Å². The number of rotatable bonds is 2. The van der Waals surface area contributed by atoms with Gasteiger partial charge in [0, 0.05) is 34.8 Å². The van der Waals surface area contributed by atoms with Crippen LogP contribution in [0.2, 0.25) is 0 Å². The Kier molecular flexibility index (Phi) is 4.17. The lowest BCUT2D eigenvalue weighted by Gasteiger charge is -2.36. The minimum Gasteiger partial charge on any atom is -0.392 e. The minimum absolute atomic E-state index is 0.0703. The first-order valence-electron chi connectivity index (χ1n) is 6.49. The second-order valence-electron chi connectivity index (χ2n) is 5.20. The Hall–Kier alpha value is -0.740. The van der Waals surface area contributed by atoms with E-state index in [1.807, 2.05) is 24.8 Å². The van der Waals surface area contributed by atoms with Crippen LogP contribution in [0, 0.1) is 13.8 Å². The van der Waals surface area contributed by atoms with Crippen LogP contribution in [0.4, 0.5) is 5.82 Å². The Morgan fingerprint density at radius 2 is 1.94 bits per heavy atom. The van der Waals surface area contributed by atoms with Crippen molar-refractivity contribution in [2.45, 2.75) is 44.8 Å². The second-order valence-corrected chi connectivity index (χ2v) is 7.08. The van der Waals surface area contributed by atoms with E-state index >= 15 is 0 Å². The summed E-state index contributed by atoms with van der Waals surface area (Å²) < 4.78 is 0. The van der Waals surface area contributed by atoms with Crippen molar-refractivity contribution in [1.82, 2.24) is 4.98 Å². The minimum atomic E-state index is 0.0703. The van der Waals surface area contributed by atoms with E-state index in [2.05, 4.69) is 30.7 Å². The molecule has 100 valence electrons. The van der Waals surface area contributed by atoms with E-state index in [-0.39, 0.29) is 6.61 Å². The van der Waals surface area contributed by atoms with Crippen molar-refractivity contribution >= 4 is 17.6 Å². The van der Waals surface area contributed by atoms with Gasteiger partial charge in [0.25, 0.3) is 0 Å². The zero-order valence-electron chi connectivity index (χ0n) is 11.6. The van der Waals surface area contributed by atoms with E-state index in [1.165, 1.54) is 0 Å². The van der Waals surface area contributed by atoms with Gasteiger partial charge in [0.1, 0.15) is 5.82 Å². The lowest BCUT2D eigenvalue weighted by Crippen LogP contribution is -2.41. The van der Waals surface area contributed by atoms with Gasteiger partial charge in [-0.1, -0.05) is 13.8 Å². The first-order valence-corrected chi connectivity index (χ1v) is 7.44. The van der Waals surface area contributed by atoms with E-state index in [1.54, 1.807) is 0 Å². The van der Waals surface area contributed by atoms with E-state index in [0.29, 0.717) is 10.5 Å². The van der Waals surface area contributed by atoms with Crippen molar-refractivity contribution in [2.24, 2.45) is 0 Å². The molecule has 1 aliphatic heterocycles. The van der Waals surface area contributed by atoms with Gasteiger partial charge in [0.2, 0.25) is 0 Å². The predicted octanol–water partition coefficient (Wildman–Crippen LogP) is 2.52. The van der Waals surface area contributed by atoms with Gasteiger partial charge in [0.05, 0.1) is 6.61 Å². The molecule has 0 aliphatic carbocycles. The zero-order chi connectivity index (χ0) is 13.3. The molecule has 1 N–H and O–H groups in total. The summed E-state index contributed by atoms with van der Waals surface area (Å²) >= 11 is 2.03. The SMILES string of the molecule is Cc1cc(C)c(CO)c(N2CC(C)SC(C)C2)n1. The predicted molar refractivity (Wildman–Crippen MR) is 78.4 cm³/mol. The number of hydrogen-bond acceptors (Lipinski definition) is 4. The first-order chi connectivity index (χ1) is 8.51. The van der Waals surface area contributed by atoms with Gasteiger partial charge < -0.3 is 10.0 Å². The molecule has 0 saturated carbocycles. The molecule has 0 spiro atoms. The molecule has 0 bridgehead atoms. The third-order valence-corrected chi connectivity index (χ3v) is 4.56. The Bertz CT molecular complexity index is 426. The summed E-state index contributed by atoms with van der Waals surface area (Å²) in [6, 6.07) is 2.04. The number of thioether (sulfide) groups is 1. The maximum atomic E-state index is 9.58. The molecule has 0 radical (unpaired) electrons. The van der Waals surface area contributed by atoms with Crippen LogP contribution in [-0.4, -0.2) is 33.7 Å². The number of aliphatic hydroxyl groups excluding tert-OH is 1. The molecule has 1 fully saturated rings. The van der Waals surface area contributed by atoms with Gasteiger partial charge in [-0.2, -0.15) is 11.8 Å². The topological polar surface area (TPSA) is 36.4 Å². The molecule has 2 rings (SSSR count). The molecule has 4 heteroatoms. The fraction of sp³-hybridized carbons (Fsp3) is 0.643. The molecule has 0 aromatic carbocycles. The van der Waals surface area contributed by atoms with Crippen LogP contribution in [0.25, 0.3) is 0 Å². The molecule has 3 nitrogen and oxygen atoms in total. The number of pyridine rings is 1. The molecule has 0 amide bonds. The van der Waals surface area contributed by atoms with E-state index < -0.39 is 0 Å². The number of aryl methyl sites for hydroxylation is 2. The highest BCUT2D eigenvalue weighted by Crippen LogP contribution is 2.30. The van der Waals surface area contributed by atoms with Crippen molar-refractivity contribution in [1.29, 1.82) is 0 Å². The molecule has 2 atom stereocenters. The molecule has 2 unspecified atom stereocenters. The maximum Gasteiger partial charge on any atom is 0.134 e. The number of anilines is 1. The highest BCUT2D eigenvalue weighted by atomic mass is 32.2. The molecule has 1 aromatic heterocycles. The highest BCUT2D eigenvalue weighted by Gasteiger charge is 2.25. The quantitative estimate of drug-likeness (QED) is 0.892. The Morgan fingerprint density at radius 1 is 1.33 bits per heavy atom. The lowest BCUT2D eigenvalue weighted by atomic mass is 10.1. The third kappa shape index (κ3) is 2.81. The third-order valence-electron chi connectivity index (χ3n) is 3.33. The number of aromatic nitrogens is 1. The van der Waals surface area contributed by atoms with Crippen molar-refractivity contribution in [3.8, 4) is 0 Å². The first kappa shape index (κ1) is 13.7. The summed E-state index contributed by atoms with van der Waals surface area (Å²) in [5, 5.41) is 10.8. The smallest absolute Gasteiger partial charge is 0.134 e. The molecule has 1 saturated heterocycles. The van der Waals surface area contributed by atoms with Crippen molar-refractivity contribution in [3.05, 3.63) is 22.9 Å². The summed E-state index contributed by atoms with van der Waals surface area (Å²) in [6.45, 7) is 10.7. The normalized spacial score (nSPS) is 24.4. The molecule has 1 aliphatic rings. The fourth-order valence-corrected chi connectivity index (χ4v) is 3.98. The monoisotopic (exact) mass is 266 g/mol. The highest BCUT2D eigenvalue weighted by molar-refractivity contribution is 8.00. The van der Waals surface area contributed by atoms with Crippen LogP contribution in [0.3, 0.4) is 0 Å². The Morgan fingerprint density at radius 3 is 2.50 bits per heavy atom. The van der Waals surface area contributed by atoms with Crippen LogP contribution >= 0.6 is 11.8 Å². The summed E-state index contributed by atoms with van der Waals surface area (Å²) in [4.78, 5) is 6.98. The average Bonchev–Trinajstić information content (AvgIpc) is 2.26. The molecular formula is C14H22N2OS. The van der Waals surface area contributed by atoms with Gasteiger partial charge in [-0.05, 0) is 25.5 Å². The van der Waals surface area contributed by atoms with Crippen LogP contribution in [0.1, 0.15) is 30.7 Å². The fourth-order valence-electron chi connectivity index (χ4n) is 2.65. The van der Waals surface area contributed by atoms with Gasteiger partial charge in [-0.25, -0.2) is 4.98 Å². The Balaban J connectivity index is 2.37. The van der Waals surface area contributed by atoms with Crippen LogP contribution in [-0.2, 0) is 6.61 Å². The standard InChI is InChI=1S/C14H22N2OS/c1-9-5-10(2)15-14(13(9)8-17)16-6-11(3)18-12(4)7-16/h5,11-12,17H,6-8H2,1-4H3. The number of aliphatic hydroxyl groups is 1. The van der Waals surface area contributed by atoms with Crippen molar-refractivity contribution in [2.75, 3.05) is 18.0 Å². The zero-order valence-corrected chi connectivity index (χ0v) is 12.4. The number of hydrogen-bond donors (Lipinski definition) is 1. The van der Waals surface area contributed by atoms with Crippen LogP contribution < -0.4 is 4.90 Å². The van der Waals surface area contributed by atoms with E-state index in [4.69, 9.17) is 0 Å². The van der Waals surface area contributed by atoms with Gasteiger partial charge in [-0.3, -0.25) is 0 Å². The van der Waals surface area contributed by atoms with Crippen LogP contribution in [0.15, 0.2) is 6.07 Å². The molecule has 2 heterocycles. The average molecular weight is 266 g/mol. The maximum absolute atomic E-state index is 9.58. The van der Waals surface area contributed by atoms with E-state index in [0.717, 1.165) is 35.7 Å². The summed E-state index contributed by atoms with van der Waals surface area (Å²) in [5.74, 6) is 0.981. The summed E-state index contributed by atoms with van der Waals surface area (Å²) in [7, 11) is 0. The summed E-state index contributed by atoms with van der Waals surface area (Å²) in [5.41, 5.74) is 3.14. The van der Waals surface area contributed by atoms with Crippen molar-refractivity contribution in [3.63, 3.8) is 0 Å². The summed E-state index contributed by atoms with van der Waals surface area (Å²) in [6.07, 6.45) is 0. The van der Waals surface area contributed by atoms with Crippen LogP contribution in [0.5, 0.6) is 0 Å². The van der Waals surface area contributed by atoms with Crippen molar-refractivity contribution < 1.29 is 5.11 Å². The lowest BCUT2D eigenvalue weighted by molar-refractivity contribution is 0.280. The molecule has 18 heavy (non-hydrogen) atoms. The largest absolute Gasteiger partial charge is 0.392 e. The molecular weight excluding hydrogens is 244 g/mol. The van der Waals surface area contributed by atoms with Gasteiger partial charge in [0.15, 0.2) is 0 Å². The Labute approximate surface area is 114 Å². The van der Waals surface area contributed by atoms with E-state index in [9.17, 15) is 5.11 Å². The molecule has 1 aromatic rings. The second kappa shape index (κ2) is 5.49. The van der Waals surface area contributed by atoms with Gasteiger partial charge >= 0.3 is 0 Å². The number of nitrogens with zero attached hydrogens (tertiary/aromatic N) is 2.